The van der Waals surface area contributed by atoms with Crippen molar-refractivity contribution in [3.63, 3.8) is 0 Å². The summed E-state index contributed by atoms with van der Waals surface area (Å²) in [6.45, 7) is 2.93. The van der Waals surface area contributed by atoms with Gasteiger partial charge in [-0.15, -0.1) is 0 Å². The van der Waals surface area contributed by atoms with E-state index < -0.39 is 0 Å². The van der Waals surface area contributed by atoms with E-state index in [4.69, 9.17) is 0 Å². The molecule has 0 spiro atoms. The van der Waals surface area contributed by atoms with Crippen LogP contribution >= 0.6 is 23.1 Å². The second kappa shape index (κ2) is 9.45. The number of thiazole rings is 1. The Labute approximate surface area is 185 Å². The highest BCUT2D eigenvalue weighted by atomic mass is 32.2. The van der Waals surface area contributed by atoms with E-state index in [-0.39, 0.29) is 5.91 Å². The summed E-state index contributed by atoms with van der Waals surface area (Å²) in [5.41, 5.74) is 5.43. The molecule has 0 N–H and O–H groups in total. The van der Waals surface area contributed by atoms with Gasteiger partial charge in [0, 0.05) is 17.9 Å². The maximum atomic E-state index is 12.9. The van der Waals surface area contributed by atoms with Crippen molar-refractivity contribution in [2.24, 2.45) is 4.99 Å². The Bertz CT molecular complexity index is 1220. The average molecular weight is 433 g/mol. The van der Waals surface area contributed by atoms with E-state index in [0.29, 0.717) is 5.56 Å². The average Bonchev–Trinajstić information content (AvgIpc) is 3.09. The maximum absolute atomic E-state index is 12.9. The predicted octanol–water partition coefficient (Wildman–Crippen LogP) is 5.71. The lowest BCUT2D eigenvalue weighted by molar-refractivity contribution is 0.0998. The number of fused-ring (bicyclic) bond motifs is 1. The van der Waals surface area contributed by atoms with Gasteiger partial charge in [-0.3, -0.25) is 4.79 Å². The van der Waals surface area contributed by atoms with E-state index in [2.05, 4.69) is 53.1 Å². The summed E-state index contributed by atoms with van der Waals surface area (Å²) in [7, 11) is 0. The molecule has 1 amide bonds. The summed E-state index contributed by atoms with van der Waals surface area (Å²) in [4.78, 5) is 18.1. The van der Waals surface area contributed by atoms with E-state index in [0.717, 1.165) is 29.0 Å². The van der Waals surface area contributed by atoms with Crippen LogP contribution in [0.2, 0.25) is 0 Å². The van der Waals surface area contributed by atoms with E-state index >= 15 is 0 Å². The SMILES string of the molecule is CSCCn1c(=NC(=O)c2ccc(Cc3ccccc3)cc2)sc2cc(C)ccc21. The van der Waals surface area contributed by atoms with Crippen LogP contribution in [0, 0.1) is 6.92 Å². The lowest BCUT2D eigenvalue weighted by Gasteiger charge is -2.04. The minimum Gasteiger partial charge on any atom is -0.316 e. The van der Waals surface area contributed by atoms with Crippen LogP contribution in [-0.4, -0.2) is 22.5 Å². The van der Waals surface area contributed by atoms with Gasteiger partial charge in [-0.1, -0.05) is 59.9 Å². The van der Waals surface area contributed by atoms with Crippen LogP contribution in [0.3, 0.4) is 0 Å². The smallest absolute Gasteiger partial charge is 0.279 e. The van der Waals surface area contributed by atoms with Gasteiger partial charge in [0.05, 0.1) is 10.2 Å². The molecule has 0 aliphatic carbocycles. The fourth-order valence-corrected chi connectivity index (χ4v) is 4.93. The van der Waals surface area contributed by atoms with Crippen molar-refractivity contribution >= 4 is 39.2 Å². The molecule has 4 rings (SSSR count). The van der Waals surface area contributed by atoms with E-state index in [1.165, 1.54) is 21.4 Å². The summed E-state index contributed by atoms with van der Waals surface area (Å²) >= 11 is 3.38. The van der Waals surface area contributed by atoms with Crippen molar-refractivity contribution in [2.45, 2.75) is 19.9 Å². The van der Waals surface area contributed by atoms with Crippen LogP contribution in [-0.2, 0) is 13.0 Å². The Morgan fingerprint density at radius 1 is 1.00 bits per heavy atom. The zero-order valence-corrected chi connectivity index (χ0v) is 18.8. The molecule has 3 nitrogen and oxygen atoms in total. The number of amides is 1. The number of aryl methyl sites for hydroxylation is 2. The highest BCUT2D eigenvalue weighted by Crippen LogP contribution is 2.20. The normalized spacial score (nSPS) is 11.9. The van der Waals surface area contributed by atoms with Crippen molar-refractivity contribution in [3.05, 3.63) is 99.9 Å². The molecule has 4 aromatic rings. The van der Waals surface area contributed by atoms with Gasteiger partial charge in [0.1, 0.15) is 0 Å². The van der Waals surface area contributed by atoms with Crippen molar-refractivity contribution in [1.82, 2.24) is 4.57 Å². The van der Waals surface area contributed by atoms with Gasteiger partial charge in [0.15, 0.2) is 4.80 Å². The number of nitrogens with zero attached hydrogens (tertiary/aromatic N) is 2. The molecule has 0 radical (unpaired) electrons. The lowest BCUT2D eigenvalue weighted by atomic mass is 10.0. The summed E-state index contributed by atoms with van der Waals surface area (Å²) in [6.07, 6.45) is 2.95. The number of aromatic nitrogens is 1. The first kappa shape index (κ1) is 20.6. The second-order valence-electron chi connectivity index (χ2n) is 7.28. The summed E-state index contributed by atoms with van der Waals surface area (Å²) in [6, 6.07) is 24.6. The quantitative estimate of drug-likeness (QED) is 0.391. The molecule has 5 heteroatoms. The van der Waals surface area contributed by atoms with E-state index in [1.807, 2.05) is 42.5 Å². The Morgan fingerprint density at radius 2 is 1.73 bits per heavy atom. The third-order valence-corrected chi connectivity index (χ3v) is 6.64. The van der Waals surface area contributed by atoms with Gasteiger partial charge in [-0.2, -0.15) is 16.8 Å². The molecule has 0 saturated carbocycles. The van der Waals surface area contributed by atoms with E-state index in [9.17, 15) is 4.79 Å². The fraction of sp³-hybridized carbons (Fsp3) is 0.200. The molecular formula is C25H24N2OS2. The Morgan fingerprint density at radius 3 is 2.47 bits per heavy atom. The molecule has 3 aromatic carbocycles. The second-order valence-corrected chi connectivity index (χ2v) is 9.27. The topological polar surface area (TPSA) is 34.4 Å². The Balaban J connectivity index is 1.62. The van der Waals surface area contributed by atoms with Gasteiger partial charge in [0.2, 0.25) is 0 Å². The number of carbonyl (C=O) groups excluding carboxylic acids is 1. The molecule has 0 bridgehead atoms. The fourth-order valence-electron chi connectivity index (χ4n) is 3.41. The highest BCUT2D eigenvalue weighted by molar-refractivity contribution is 7.98. The van der Waals surface area contributed by atoms with Gasteiger partial charge in [0.25, 0.3) is 5.91 Å². The molecule has 0 aliphatic heterocycles. The number of thioether (sulfide) groups is 1. The monoisotopic (exact) mass is 432 g/mol. The number of rotatable bonds is 6. The first-order valence-electron chi connectivity index (χ1n) is 9.95. The summed E-state index contributed by atoms with van der Waals surface area (Å²) < 4.78 is 3.33. The first-order valence-corrected chi connectivity index (χ1v) is 12.2. The Kier molecular flexibility index (Phi) is 6.50. The molecule has 0 unspecified atom stereocenters. The van der Waals surface area contributed by atoms with Crippen LogP contribution in [0.15, 0.2) is 77.8 Å². The van der Waals surface area contributed by atoms with Crippen LogP contribution < -0.4 is 4.80 Å². The number of hydrogen-bond donors (Lipinski definition) is 0. The van der Waals surface area contributed by atoms with Crippen LogP contribution in [0.25, 0.3) is 10.2 Å². The van der Waals surface area contributed by atoms with Crippen molar-refractivity contribution in [1.29, 1.82) is 0 Å². The molecular weight excluding hydrogens is 408 g/mol. The van der Waals surface area contributed by atoms with Gasteiger partial charge in [-0.25, -0.2) is 0 Å². The molecule has 1 aromatic heterocycles. The molecule has 1 heterocycles. The summed E-state index contributed by atoms with van der Waals surface area (Å²) in [5, 5.41) is 0. The molecule has 0 fully saturated rings. The first-order chi connectivity index (χ1) is 14.6. The molecule has 0 saturated heterocycles. The van der Waals surface area contributed by atoms with E-state index in [1.54, 1.807) is 23.1 Å². The van der Waals surface area contributed by atoms with Gasteiger partial charge < -0.3 is 4.57 Å². The third-order valence-electron chi connectivity index (χ3n) is 5.01. The summed E-state index contributed by atoms with van der Waals surface area (Å²) in [5.74, 6) is 0.789. The molecule has 0 atom stereocenters. The molecule has 0 aliphatic rings. The van der Waals surface area contributed by atoms with Crippen LogP contribution in [0.1, 0.15) is 27.0 Å². The molecule has 152 valence electrons. The largest absolute Gasteiger partial charge is 0.316 e. The molecule has 30 heavy (non-hydrogen) atoms. The predicted molar refractivity (Wildman–Crippen MR) is 129 cm³/mol. The lowest BCUT2D eigenvalue weighted by Crippen LogP contribution is -2.18. The maximum Gasteiger partial charge on any atom is 0.279 e. The van der Waals surface area contributed by atoms with Gasteiger partial charge in [-0.05, 0) is 60.6 Å². The minimum atomic E-state index is -0.192. The zero-order chi connectivity index (χ0) is 20.9. The van der Waals surface area contributed by atoms with Gasteiger partial charge >= 0.3 is 0 Å². The minimum absolute atomic E-state index is 0.192. The number of carbonyl (C=O) groups is 1. The highest BCUT2D eigenvalue weighted by Gasteiger charge is 2.10. The third kappa shape index (κ3) is 4.74. The standard InChI is InChI=1S/C25H24N2OS2/c1-18-8-13-22-23(16-18)30-25(27(22)14-15-29-2)26-24(28)21-11-9-20(10-12-21)17-19-6-4-3-5-7-19/h3-13,16H,14-15,17H2,1-2H3. The number of hydrogen-bond acceptors (Lipinski definition) is 3. The van der Waals surface area contributed by atoms with Crippen LogP contribution in [0.5, 0.6) is 0 Å². The van der Waals surface area contributed by atoms with Crippen molar-refractivity contribution in [2.75, 3.05) is 12.0 Å². The number of benzene rings is 3. The van der Waals surface area contributed by atoms with Crippen molar-refractivity contribution in [3.8, 4) is 0 Å². The van der Waals surface area contributed by atoms with Crippen LogP contribution in [0.4, 0.5) is 0 Å². The Hall–Kier alpha value is -2.63. The van der Waals surface area contributed by atoms with Crippen molar-refractivity contribution < 1.29 is 4.79 Å². The zero-order valence-electron chi connectivity index (χ0n) is 17.2.